The molecular formula is C25H35N3O6S. The van der Waals surface area contributed by atoms with Crippen LogP contribution in [0.25, 0.3) is 0 Å². The minimum absolute atomic E-state index is 0.156. The predicted molar refractivity (Wildman–Crippen MR) is 136 cm³/mol. The minimum Gasteiger partial charge on any atom is -0.497 e. The molecule has 9 nitrogen and oxygen atoms in total. The molecule has 2 amide bonds. The van der Waals surface area contributed by atoms with Gasteiger partial charge in [-0.2, -0.15) is 0 Å². The van der Waals surface area contributed by atoms with Gasteiger partial charge in [-0.15, -0.1) is 0 Å². The maximum atomic E-state index is 13.6. The van der Waals surface area contributed by atoms with E-state index in [4.69, 9.17) is 9.47 Å². The number of benzene rings is 2. The van der Waals surface area contributed by atoms with Gasteiger partial charge in [0.05, 0.1) is 26.2 Å². The maximum absolute atomic E-state index is 13.6. The van der Waals surface area contributed by atoms with Crippen molar-refractivity contribution in [3.05, 3.63) is 53.6 Å². The number of hydrogen-bond donors (Lipinski definition) is 1. The second kappa shape index (κ2) is 12.4. The molecule has 0 fully saturated rings. The fraction of sp³-hybridized carbons (Fsp3) is 0.440. The monoisotopic (exact) mass is 505 g/mol. The summed E-state index contributed by atoms with van der Waals surface area (Å²) < 4.78 is 37.1. The van der Waals surface area contributed by atoms with Gasteiger partial charge in [0, 0.05) is 19.2 Å². The summed E-state index contributed by atoms with van der Waals surface area (Å²) in [6.45, 7) is 5.63. The molecule has 0 heterocycles. The number of aryl methyl sites for hydroxylation is 1. The molecular weight excluding hydrogens is 470 g/mol. The maximum Gasteiger partial charge on any atom is 0.244 e. The zero-order chi connectivity index (χ0) is 26.2. The molecule has 0 spiro atoms. The third-order valence-corrected chi connectivity index (χ3v) is 6.78. The van der Waals surface area contributed by atoms with Gasteiger partial charge in [-0.3, -0.25) is 13.9 Å². The minimum atomic E-state index is -3.88. The van der Waals surface area contributed by atoms with Crippen LogP contribution >= 0.6 is 0 Å². The van der Waals surface area contributed by atoms with E-state index in [0.717, 1.165) is 28.1 Å². The second-order valence-corrected chi connectivity index (χ2v) is 10.1. The Morgan fingerprint density at radius 2 is 1.77 bits per heavy atom. The molecule has 1 unspecified atom stereocenters. The molecule has 2 rings (SSSR count). The third-order valence-electron chi connectivity index (χ3n) is 5.65. The lowest BCUT2D eigenvalue weighted by Crippen LogP contribution is -2.51. The summed E-state index contributed by atoms with van der Waals surface area (Å²) in [5.41, 5.74) is 2.02. The van der Waals surface area contributed by atoms with Crippen molar-refractivity contribution in [1.29, 1.82) is 0 Å². The Balaban J connectivity index is 2.46. The number of ether oxygens (including phenoxy) is 2. The zero-order valence-electron chi connectivity index (χ0n) is 21.2. The first kappa shape index (κ1) is 28.0. The molecule has 0 aliphatic rings. The summed E-state index contributed by atoms with van der Waals surface area (Å²) in [5.74, 6) is -0.105. The highest BCUT2D eigenvalue weighted by molar-refractivity contribution is 7.92. The van der Waals surface area contributed by atoms with Crippen molar-refractivity contribution in [3.63, 3.8) is 0 Å². The first-order valence-electron chi connectivity index (χ1n) is 11.3. The summed E-state index contributed by atoms with van der Waals surface area (Å²) in [5, 5.41) is 2.82. The van der Waals surface area contributed by atoms with E-state index < -0.39 is 28.5 Å². The molecule has 0 radical (unpaired) electrons. The predicted octanol–water partition coefficient (Wildman–Crippen LogP) is 2.72. The Labute approximate surface area is 208 Å². The standard InChI is InChI=1S/C25H35N3O6S/c1-7-14-26-25(30)19(3)27(16-20-11-9-8-10-18(20)2)24(29)17-28(35(6,31)32)22-13-12-21(33-4)15-23(22)34-5/h8-13,15,19H,7,14,16-17H2,1-6H3,(H,26,30). The number of amides is 2. The molecule has 0 saturated carbocycles. The molecule has 0 aromatic heterocycles. The Morgan fingerprint density at radius 1 is 1.09 bits per heavy atom. The van der Waals surface area contributed by atoms with Gasteiger partial charge in [0.1, 0.15) is 24.1 Å². The summed E-state index contributed by atoms with van der Waals surface area (Å²) in [6, 6.07) is 11.4. The van der Waals surface area contributed by atoms with Crippen molar-refractivity contribution < 1.29 is 27.5 Å². The lowest BCUT2D eigenvalue weighted by Gasteiger charge is -2.32. The van der Waals surface area contributed by atoms with Crippen molar-refractivity contribution in [2.45, 2.75) is 39.8 Å². The summed E-state index contributed by atoms with van der Waals surface area (Å²) >= 11 is 0. The summed E-state index contributed by atoms with van der Waals surface area (Å²) in [4.78, 5) is 27.8. The molecule has 1 N–H and O–H groups in total. The number of anilines is 1. The van der Waals surface area contributed by atoms with Crippen LogP contribution < -0.4 is 19.1 Å². The van der Waals surface area contributed by atoms with Gasteiger partial charge in [-0.05, 0) is 43.5 Å². The van der Waals surface area contributed by atoms with Crippen molar-refractivity contribution in [1.82, 2.24) is 10.2 Å². The summed E-state index contributed by atoms with van der Waals surface area (Å²) in [7, 11) is -0.981. The Morgan fingerprint density at radius 3 is 2.34 bits per heavy atom. The number of sulfonamides is 1. The normalized spacial score (nSPS) is 11.9. The second-order valence-electron chi connectivity index (χ2n) is 8.22. The molecule has 35 heavy (non-hydrogen) atoms. The first-order chi connectivity index (χ1) is 16.5. The van der Waals surface area contributed by atoms with Crippen molar-refractivity contribution in [2.75, 3.05) is 37.9 Å². The zero-order valence-corrected chi connectivity index (χ0v) is 22.0. The highest BCUT2D eigenvalue weighted by atomic mass is 32.2. The SMILES string of the molecule is CCCNC(=O)C(C)N(Cc1ccccc1C)C(=O)CN(c1ccc(OC)cc1OC)S(C)(=O)=O. The average molecular weight is 506 g/mol. The number of nitrogens with one attached hydrogen (secondary N) is 1. The van der Waals surface area contributed by atoms with E-state index in [-0.39, 0.29) is 23.9 Å². The van der Waals surface area contributed by atoms with Crippen molar-refractivity contribution in [2.24, 2.45) is 0 Å². The van der Waals surface area contributed by atoms with Gasteiger partial charge in [-0.25, -0.2) is 8.42 Å². The molecule has 10 heteroatoms. The van der Waals surface area contributed by atoms with E-state index in [0.29, 0.717) is 12.3 Å². The van der Waals surface area contributed by atoms with Gasteiger partial charge in [-0.1, -0.05) is 31.2 Å². The Hall–Kier alpha value is -3.27. The number of nitrogens with zero attached hydrogens (tertiary/aromatic N) is 2. The lowest BCUT2D eigenvalue weighted by molar-refractivity contribution is -0.139. The molecule has 0 aliphatic carbocycles. The van der Waals surface area contributed by atoms with Crippen LogP contribution in [-0.2, 0) is 26.2 Å². The van der Waals surface area contributed by atoms with Gasteiger partial charge >= 0.3 is 0 Å². The quantitative estimate of drug-likeness (QED) is 0.476. The van der Waals surface area contributed by atoms with Crippen LogP contribution in [0.1, 0.15) is 31.4 Å². The number of hydrogen-bond acceptors (Lipinski definition) is 6. The van der Waals surface area contributed by atoms with E-state index >= 15 is 0 Å². The van der Waals surface area contributed by atoms with Crippen LogP contribution in [0.3, 0.4) is 0 Å². The number of carbonyl (C=O) groups excluding carboxylic acids is 2. The van der Waals surface area contributed by atoms with Crippen LogP contribution in [0.4, 0.5) is 5.69 Å². The summed E-state index contributed by atoms with van der Waals surface area (Å²) in [6.07, 6.45) is 1.77. The molecule has 2 aromatic rings. The van der Waals surface area contributed by atoms with E-state index in [2.05, 4.69) is 5.32 Å². The first-order valence-corrected chi connectivity index (χ1v) is 13.2. The number of carbonyl (C=O) groups is 2. The fourth-order valence-corrected chi connectivity index (χ4v) is 4.39. The van der Waals surface area contributed by atoms with Crippen LogP contribution in [0, 0.1) is 6.92 Å². The average Bonchev–Trinajstić information content (AvgIpc) is 2.83. The Bertz CT molecular complexity index is 1140. The Kier molecular flexibility index (Phi) is 9.94. The lowest BCUT2D eigenvalue weighted by atomic mass is 10.1. The van der Waals surface area contributed by atoms with Gasteiger partial charge in [0.2, 0.25) is 21.8 Å². The topological polar surface area (TPSA) is 105 Å². The highest BCUT2D eigenvalue weighted by Gasteiger charge is 2.31. The smallest absolute Gasteiger partial charge is 0.244 e. The highest BCUT2D eigenvalue weighted by Crippen LogP contribution is 2.33. The van der Waals surface area contributed by atoms with Crippen molar-refractivity contribution >= 4 is 27.5 Å². The van der Waals surface area contributed by atoms with Crippen LogP contribution in [0.15, 0.2) is 42.5 Å². The number of methoxy groups -OCH3 is 2. The van der Waals surface area contributed by atoms with Crippen molar-refractivity contribution in [3.8, 4) is 11.5 Å². The van der Waals surface area contributed by atoms with Crippen LogP contribution in [0.5, 0.6) is 11.5 Å². The van der Waals surface area contributed by atoms with E-state index in [1.807, 2.05) is 38.1 Å². The van der Waals surface area contributed by atoms with Crippen LogP contribution in [0.2, 0.25) is 0 Å². The van der Waals surface area contributed by atoms with Gasteiger partial charge in [0.25, 0.3) is 0 Å². The van der Waals surface area contributed by atoms with Gasteiger partial charge in [0.15, 0.2) is 0 Å². The number of rotatable bonds is 12. The van der Waals surface area contributed by atoms with E-state index in [1.165, 1.54) is 25.2 Å². The molecule has 0 aliphatic heterocycles. The largest absolute Gasteiger partial charge is 0.497 e. The molecule has 0 saturated heterocycles. The molecule has 1 atom stereocenters. The molecule has 0 bridgehead atoms. The van der Waals surface area contributed by atoms with E-state index in [9.17, 15) is 18.0 Å². The molecule has 192 valence electrons. The van der Waals surface area contributed by atoms with Gasteiger partial charge < -0.3 is 19.7 Å². The third kappa shape index (κ3) is 7.35. The fourth-order valence-electron chi connectivity index (χ4n) is 3.54. The van der Waals surface area contributed by atoms with E-state index in [1.54, 1.807) is 19.1 Å². The van der Waals surface area contributed by atoms with Crippen LogP contribution in [-0.4, -0.2) is 64.7 Å². The molecule has 2 aromatic carbocycles.